The van der Waals surface area contributed by atoms with Gasteiger partial charge >= 0.3 is 0 Å². The first-order valence-corrected chi connectivity index (χ1v) is 9.72. The molecule has 0 aliphatic rings. The standard InChI is InChI=1S/C20H14ClFN4OS/c21-15-6-4-14(5-7-15)18-11-17(27-26-18)12-28-20-23-19(24-25-20)10-3-13-1-8-16(22)9-2-13/h1-11H,12H2,(H,23,24,25). The van der Waals surface area contributed by atoms with Crippen molar-refractivity contribution >= 4 is 35.5 Å². The molecule has 2 heterocycles. The van der Waals surface area contributed by atoms with E-state index in [0.29, 0.717) is 21.8 Å². The Balaban J connectivity index is 1.36. The summed E-state index contributed by atoms with van der Waals surface area (Å²) in [6, 6.07) is 15.5. The van der Waals surface area contributed by atoms with Crippen LogP contribution >= 0.6 is 23.4 Å². The van der Waals surface area contributed by atoms with Gasteiger partial charge in [-0.2, -0.15) is 0 Å². The van der Waals surface area contributed by atoms with E-state index in [1.807, 2.05) is 36.4 Å². The predicted molar refractivity (Wildman–Crippen MR) is 108 cm³/mol. The minimum absolute atomic E-state index is 0.262. The van der Waals surface area contributed by atoms with E-state index in [0.717, 1.165) is 22.6 Å². The minimum Gasteiger partial charge on any atom is -0.360 e. The van der Waals surface area contributed by atoms with Gasteiger partial charge in [-0.3, -0.25) is 5.10 Å². The Morgan fingerprint density at radius 2 is 1.86 bits per heavy atom. The van der Waals surface area contributed by atoms with Crippen LogP contribution in [0.1, 0.15) is 17.1 Å². The molecule has 4 aromatic rings. The first-order valence-electron chi connectivity index (χ1n) is 8.36. The highest BCUT2D eigenvalue weighted by molar-refractivity contribution is 7.98. The first kappa shape index (κ1) is 18.5. The summed E-state index contributed by atoms with van der Waals surface area (Å²) in [5, 5.41) is 12.4. The molecule has 0 fully saturated rings. The van der Waals surface area contributed by atoms with E-state index in [4.69, 9.17) is 16.1 Å². The average molecular weight is 413 g/mol. The number of H-pyrrole nitrogens is 1. The normalized spacial score (nSPS) is 11.4. The highest BCUT2D eigenvalue weighted by atomic mass is 35.5. The molecule has 0 atom stereocenters. The van der Waals surface area contributed by atoms with Crippen molar-refractivity contribution in [2.45, 2.75) is 10.9 Å². The number of rotatable bonds is 6. The Morgan fingerprint density at radius 3 is 2.64 bits per heavy atom. The Bertz CT molecular complexity index is 1090. The summed E-state index contributed by atoms with van der Waals surface area (Å²) in [5.41, 5.74) is 2.57. The lowest BCUT2D eigenvalue weighted by Gasteiger charge is -1.94. The zero-order valence-corrected chi connectivity index (χ0v) is 16.0. The molecule has 2 aromatic heterocycles. The molecule has 5 nitrogen and oxygen atoms in total. The zero-order chi connectivity index (χ0) is 19.3. The molecule has 8 heteroatoms. The van der Waals surface area contributed by atoms with Gasteiger partial charge in [0.15, 0.2) is 0 Å². The summed E-state index contributed by atoms with van der Waals surface area (Å²) in [7, 11) is 0. The van der Waals surface area contributed by atoms with Crippen LogP contribution in [0, 0.1) is 5.82 Å². The number of thioether (sulfide) groups is 1. The van der Waals surface area contributed by atoms with Crippen LogP contribution in [0.2, 0.25) is 5.02 Å². The fourth-order valence-corrected chi connectivity index (χ4v) is 3.23. The van der Waals surface area contributed by atoms with Crippen LogP contribution in [0.15, 0.2) is 64.3 Å². The summed E-state index contributed by atoms with van der Waals surface area (Å²) in [6.45, 7) is 0. The lowest BCUT2D eigenvalue weighted by Crippen LogP contribution is -1.79. The quantitative estimate of drug-likeness (QED) is 0.410. The Labute approximate surface area is 169 Å². The summed E-state index contributed by atoms with van der Waals surface area (Å²) >= 11 is 7.34. The van der Waals surface area contributed by atoms with Crippen molar-refractivity contribution in [2.75, 3.05) is 0 Å². The van der Waals surface area contributed by atoms with E-state index in [2.05, 4.69) is 20.3 Å². The van der Waals surface area contributed by atoms with Crippen LogP contribution in [0.25, 0.3) is 23.4 Å². The molecule has 0 saturated heterocycles. The van der Waals surface area contributed by atoms with E-state index in [9.17, 15) is 4.39 Å². The van der Waals surface area contributed by atoms with Crippen molar-refractivity contribution in [1.29, 1.82) is 0 Å². The maximum absolute atomic E-state index is 12.9. The number of hydrogen-bond donors (Lipinski definition) is 1. The van der Waals surface area contributed by atoms with Gasteiger partial charge in [-0.05, 0) is 35.9 Å². The van der Waals surface area contributed by atoms with Crippen molar-refractivity contribution in [3.8, 4) is 11.3 Å². The van der Waals surface area contributed by atoms with Gasteiger partial charge in [0.2, 0.25) is 5.16 Å². The molecule has 28 heavy (non-hydrogen) atoms. The van der Waals surface area contributed by atoms with Gasteiger partial charge in [-0.1, -0.05) is 58.9 Å². The second-order valence-electron chi connectivity index (χ2n) is 5.86. The number of nitrogens with one attached hydrogen (secondary N) is 1. The molecule has 0 saturated carbocycles. The Hall–Kier alpha value is -2.90. The van der Waals surface area contributed by atoms with Crippen LogP contribution in [0.4, 0.5) is 4.39 Å². The number of aromatic nitrogens is 4. The van der Waals surface area contributed by atoms with Crippen LogP contribution in [-0.2, 0) is 5.75 Å². The highest BCUT2D eigenvalue weighted by Crippen LogP contribution is 2.25. The molecular weight excluding hydrogens is 399 g/mol. The third-order valence-electron chi connectivity index (χ3n) is 3.83. The molecule has 2 aromatic carbocycles. The fourth-order valence-electron chi connectivity index (χ4n) is 2.42. The van der Waals surface area contributed by atoms with Gasteiger partial charge in [-0.25, -0.2) is 9.37 Å². The lowest BCUT2D eigenvalue weighted by molar-refractivity contribution is 0.397. The van der Waals surface area contributed by atoms with E-state index in [1.54, 1.807) is 18.2 Å². The third-order valence-corrected chi connectivity index (χ3v) is 4.95. The van der Waals surface area contributed by atoms with Crippen molar-refractivity contribution in [3.05, 3.63) is 82.6 Å². The van der Waals surface area contributed by atoms with Crippen molar-refractivity contribution in [2.24, 2.45) is 0 Å². The first-order chi connectivity index (χ1) is 13.7. The van der Waals surface area contributed by atoms with E-state index >= 15 is 0 Å². The van der Waals surface area contributed by atoms with Crippen LogP contribution in [-0.4, -0.2) is 20.3 Å². The largest absolute Gasteiger partial charge is 0.360 e. The summed E-state index contributed by atoms with van der Waals surface area (Å²) in [6.07, 6.45) is 3.63. The second-order valence-corrected chi connectivity index (χ2v) is 7.24. The average Bonchev–Trinajstić information content (AvgIpc) is 3.36. The zero-order valence-electron chi connectivity index (χ0n) is 14.5. The van der Waals surface area contributed by atoms with Crippen molar-refractivity contribution in [1.82, 2.24) is 20.3 Å². The molecule has 0 aliphatic heterocycles. The van der Waals surface area contributed by atoms with E-state index in [-0.39, 0.29) is 5.82 Å². The van der Waals surface area contributed by atoms with Gasteiger partial charge in [0.05, 0.1) is 5.75 Å². The van der Waals surface area contributed by atoms with E-state index < -0.39 is 0 Å². The molecule has 4 rings (SSSR count). The highest BCUT2D eigenvalue weighted by Gasteiger charge is 2.09. The summed E-state index contributed by atoms with van der Waals surface area (Å²) < 4.78 is 18.3. The smallest absolute Gasteiger partial charge is 0.209 e. The molecule has 140 valence electrons. The number of nitrogens with zero attached hydrogens (tertiary/aromatic N) is 3. The van der Waals surface area contributed by atoms with Crippen LogP contribution < -0.4 is 0 Å². The molecule has 0 amide bonds. The number of aromatic amines is 1. The van der Waals surface area contributed by atoms with Crippen molar-refractivity contribution < 1.29 is 8.91 Å². The van der Waals surface area contributed by atoms with Gasteiger partial charge in [0.25, 0.3) is 0 Å². The Morgan fingerprint density at radius 1 is 1.07 bits per heavy atom. The lowest BCUT2D eigenvalue weighted by atomic mass is 10.1. The number of hydrogen-bond acceptors (Lipinski definition) is 5. The van der Waals surface area contributed by atoms with Gasteiger partial charge in [-0.15, -0.1) is 5.10 Å². The molecule has 0 unspecified atom stereocenters. The van der Waals surface area contributed by atoms with Gasteiger partial charge in [0, 0.05) is 16.7 Å². The second kappa shape index (κ2) is 8.41. The third kappa shape index (κ3) is 4.68. The fraction of sp³-hybridized carbons (Fsp3) is 0.0500. The van der Waals surface area contributed by atoms with E-state index in [1.165, 1.54) is 23.9 Å². The maximum Gasteiger partial charge on any atom is 0.209 e. The number of benzene rings is 2. The topological polar surface area (TPSA) is 67.6 Å². The molecule has 0 radical (unpaired) electrons. The molecular formula is C20H14ClFN4OS. The van der Waals surface area contributed by atoms with Gasteiger partial charge < -0.3 is 4.52 Å². The molecule has 0 bridgehead atoms. The summed E-state index contributed by atoms with van der Waals surface area (Å²) in [4.78, 5) is 4.39. The van der Waals surface area contributed by atoms with Crippen molar-refractivity contribution in [3.63, 3.8) is 0 Å². The predicted octanol–water partition coefficient (Wildman–Crippen LogP) is 5.71. The Kier molecular flexibility index (Phi) is 5.55. The summed E-state index contributed by atoms with van der Waals surface area (Å²) in [5.74, 6) is 1.64. The minimum atomic E-state index is -0.262. The SMILES string of the molecule is Fc1ccc(C=Cc2nc(SCc3cc(-c4ccc(Cl)cc4)no3)n[nH]2)cc1. The van der Waals surface area contributed by atoms with Crippen LogP contribution in [0.3, 0.4) is 0 Å². The molecule has 0 spiro atoms. The molecule has 0 aliphatic carbocycles. The number of halogens is 2. The monoisotopic (exact) mass is 412 g/mol. The maximum atomic E-state index is 12.9. The van der Waals surface area contributed by atoms with Crippen LogP contribution in [0.5, 0.6) is 0 Å². The van der Waals surface area contributed by atoms with Gasteiger partial charge in [0.1, 0.15) is 23.1 Å². The molecule has 1 N–H and O–H groups in total.